The quantitative estimate of drug-likeness (QED) is 0.310. The Bertz CT molecular complexity index is 1260. The number of amides is 1. The zero-order chi connectivity index (χ0) is 23.7. The number of benzene rings is 2. The van der Waals surface area contributed by atoms with Crippen molar-refractivity contribution < 1.29 is 24.2 Å². The van der Waals surface area contributed by atoms with Crippen LogP contribution < -0.4 is 14.4 Å². The van der Waals surface area contributed by atoms with Gasteiger partial charge in [-0.3, -0.25) is 19.5 Å². The standard InChI is InChI=1S/C24H18Cl2N2O5/c1-32-18-12-16(26)19(33-2)11-15(18)22(29)20-21(17-5-3-4-10-27-17)28(24(31)23(20)30)14-8-6-13(25)7-9-14/h3-12,21,29H,1-2H3/b22-20+. The second-order valence-corrected chi connectivity index (χ2v) is 7.93. The van der Waals surface area contributed by atoms with Gasteiger partial charge in [0.2, 0.25) is 0 Å². The molecule has 1 atom stereocenters. The second-order valence-electron chi connectivity index (χ2n) is 7.09. The van der Waals surface area contributed by atoms with Crippen LogP contribution in [0, 0.1) is 0 Å². The number of aromatic nitrogens is 1. The lowest BCUT2D eigenvalue weighted by atomic mass is 9.97. The molecule has 1 unspecified atom stereocenters. The van der Waals surface area contributed by atoms with E-state index in [-0.39, 0.29) is 27.7 Å². The number of ketones is 1. The fourth-order valence-corrected chi connectivity index (χ4v) is 4.07. The lowest BCUT2D eigenvalue weighted by Gasteiger charge is -2.24. The number of aliphatic hydroxyl groups excluding tert-OH is 1. The maximum atomic E-state index is 13.2. The summed E-state index contributed by atoms with van der Waals surface area (Å²) in [6, 6.07) is 13.5. The van der Waals surface area contributed by atoms with Crippen LogP contribution in [0.1, 0.15) is 17.3 Å². The van der Waals surface area contributed by atoms with Crippen LogP contribution in [0.3, 0.4) is 0 Å². The summed E-state index contributed by atoms with van der Waals surface area (Å²) in [6.07, 6.45) is 1.54. The average molecular weight is 485 g/mol. The van der Waals surface area contributed by atoms with Crippen LogP contribution in [0.2, 0.25) is 10.0 Å². The third-order valence-corrected chi connectivity index (χ3v) is 5.79. The molecule has 1 aromatic heterocycles. The van der Waals surface area contributed by atoms with Gasteiger partial charge >= 0.3 is 0 Å². The van der Waals surface area contributed by atoms with Crippen molar-refractivity contribution in [2.75, 3.05) is 19.1 Å². The predicted molar refractivity (Wildman–Crippen MR) is 125 cm³/mol. The number of nitrogens with zero attached hydrogens (tertiary/aromatic N) is 2. The molecule has 33 heavy (non-hydrogen) atoms. The summed E-state index contributed by atoms with van der Waals surface area (Å²) in [6.45, 7) is 0. The zero-order valence-electron chi connectivity index (χ0n) is 17.6. The molecular formula is C24H18Cl2N2O5. The van der Waals surface area contributed by atoms with Gasteiger partial charge in [-0.25, -0.2) is 0 Å². The van der Waals surface area contributed by atoms with Crippen LogP contribution in [0.15, 0.2) is 66.4 Å². The van der Waals surface area contributed by atoms with E-state index in [4.69, 9.17) is 32.7 Å². The van der Waals surface area contributed by atoms with Gasteiger partial charge in [-0.15, -0.1) is 0 Å². The molecule has 0 saturated carbocycles. The van der Waals surface area contributed by atoms with Gasteiger partial charge in [-0.1, -0.05) is 29.3 Å². The van der Waals surface area contributed by atoms with Crippen molar-refractivity contribution in [1.29, 1.82) is 0 Å². The molecule has 2 aromatic carbocycles. The summed E-state index contributed by atoms with van der Waals surface area (Å²) >= 11 is 12.2. The summed E-state index contributed by atoms with van der Waals surface area (Å²) in [5, 5.41) is 12.1. The van der Waals surface area contributed by atoms with Gasteiger partial charge in [0.05, 0.1) is 36.1 Å². The number of carbonyl (C=O) groups is 2. The number of hydrogen-bond acceptors (Lipinski definition) is 6. The van der Waals surface area contributed by atoms with Crippen molar-refractivity contribution >= 4 is 46.3 Å². The first-order valence-corrected chi connectivity index (χ1v) is 10.5. The molecule has 1 aliphatic heterocycles. The number of pyridine rings is 1. The van der Waals surface area contributed by atoms with E-state index in [1.54, 1.807) is 48.7 Å². The van der Waals surface area contributed by atoms with E-state index in [2.05, 4.69) is 4.98 Å². The Kier molecular flexibility index (Phi) is 6.26. The van der Waals surface area contributed by atoms with Crippen LogP contribution in [-0.2, 0) is 9.59 Å². The van der Waals surface area contributed by atoms with E-state index in [1.807, 2.05) is 0 Å². The van der Waals surface area contributed by atoms with E-state index in [0.29, 0.717) is 16.4 Å². The van der Waals surface area contributed by atoms with Crippen molar-refractivity contribution in [2.24, 2.45) is 0 Å². The van der Waals surface area contributed by atoms with Gasteiger partial charge in [0, 0.05) is 23.0 Å². The number of methoxy groups -OCH3 is 2. The van der Waals surface area contributed by atoms with Crippen LogP contribution in [-0.4, -0.2) is 36.0 Å². The molecule has 1 N–H and O–H groups in total. The van der Waals surface area contributed by atoms with Gasteiger partial charge in [0.1, 0.15) is 23.3 Å². The fourth-order valence-electron chi connectivity index (χ4n) is 3.71. The lowest BCUT2D eigenvalue weighted by molar-refractivity contribution is -0.132. The fraction of sp³-hybridized carbons (Fsp3) is 0.125. The van der Waals surface area contributed by atoms with Crippen LogP contribution >= 0.6 is 23.2 Å². The van der Waals surface area contributed by atoms with Crippen molar-refractivity contribution in [1.82, 2.24) is 4.98 Å². The van der Waals surface area contributed by atoms with Crippen LogP contribution in [0.5, 0.6) is 11.5 Å². The highest BCUT2D eigenvalue weighted by molar-refractivity contribution is 6.51. The Labute approximate surface area is 199 Å². The minimum atomic E-state index is -0.987. The zero-order valence-corrected chi connectivity index (χ0v) is 19.1. The largest absolute Gasteiger partial charge is 0.507 e. The van der Waals surface area contributed by atoms with Crippen LogP contribution in [0.25, 0.3) is 5.76 Å². The Hall–Kier alpha value is -3.55. The van der Waals surface area contributed by atoms with Gasteiger partial charge in [-0.05, 0) is 42.5 Å². The molecule has 0 radical (unpaired) electrons. The highest BCUT2D eigenvalue weighted by atomic mass is 35.5. The minimum absolute atomic E-state index is 0.142. The Morgan fingerprint density at radius 1 is 1.00 bits per heavy atom. The number of ether oxygens (including phenoxy) is 2. The van der Waals surface area contributed by atoms with Gasteiger partial charge in [0.25, 0.3) is 11.7 Å². The van der Waals surface area contributed by atoms with E-state index in [9.17, 15) is 14.7 Å². The predicted octanol–water partition coefficient (Wildman–Crippen LogP) is 5.03. The first kappa shape index (κ1) is 22.6. The Morgan fingerprint density at radius 3 is 2.30 bits per heavy atom. The monoisotopic (exact) mass is 484 g/mol. The van der Waals surface area contributed by atoms with Gasteiger partial charge in [-0.2, -0.15) is 0 Å². The Balaban J connectivity index is 1.98. The third kappa shape index (κ3) is 4.01. The average Bonchev–Trinajstić information content (AvgIpc) is 3.10. The molecule has 9 heteroatoms. The highest BCUT2D eigenvalue weighted by Gasteiger charge is 2.48. The molecule has 0 spiro atoms. The molecule has 1 saturated heterocycles. The normalized spacial score (nSPS) is 17.3. The van der Waals surface area contributed by atoms with Gasteiger partial charge in [0.15, 0.2) is 0 Å². The number of aliphatic hydroxyl groups is 1. The van der Waals surface area contributed by atoms with Crippen LogP contribution in [0.4, 0.5) is 5.69 Å². The first-order chi connectivity index (χ1) is 15.9. The summed E-state index contributed by atoms with van der Waals surface area (Å²) in [4.78, 5) is 32.0. The Morgan fingerprint density at radius 2 is 1.70 bits per heavy atom. The molecule has 2 heterocycles. The second kappa shape index (κ2) is 9.13. The molecule has 168 valence electrons. The van der Waals surface area contributed by atoms with Crippen molar-refractivity contribution in [3.05, 3.63) is 87.7 Å². The minimum Gasteiger partial charge on any atom is -0.507 e. The highest BCUT2D eigenvalue weighted by Crippen LogP contribution is 2.44. The molecule has 4 rings (SSSR count). The number of halogens is 2. The molecule has 7 nitrogen and oxygen atoms in total. The first-order valence-electron chi connectivity index (χ1n) is 9.76. The summed E-state index contributed by atoms with van der Waals surface area (Å²) < 4.78 is 10.6. The molecule has 1 amide bonds. The molecular weight excluding hydrogens is 467 g/mol. The number of carbonyl (C=O) groups excluding carboxylic acids is 2. The van der Waals surface area contributed by atoms with Crippen molar-refractivity contribution in [3.63, 3.8) is 0 Å². The van der Waals surface area contributed by atoms with E-state index < -0.39 is 23.5 Å². The number of hydrogen-bond donors (Lipinski definition) is 1. The number of anilines is 1. The maximum Gasteiger partial charge on any atom is 0.300 e. The SMILES string of the molecule is COc1cc(/C(O)=C2\C(=O)C(=O)N(c3ccc(Cl)cc3)C2c2ccccn2)c(OC)cc1Cl. The van der Waals surface area contributed by atoms with Gasteiger partial charge < -0.3 is 14.6 Å². The summed E-state index contributed by atoms with van der Waals surface area (Å²) in [5.41, 5.74) is 0.829. The van der Waals surface area contributed by atoms with Crippen molar-refractivity contribution in [3.8, 4) is 11.5 Å². The maximum absolute atomic E-state index is 13.2. The summed E-state index contributed by atoms with van der Waals surface area (Å²) in [5.74, 6) is -1.65. The lowest BCUT2D eigenvalue weighted by Crippen LogP contribution is -2.29. The molecule has 1 aliphatic rings. The molecule has 0 aliphatic carbocycles. The number of Topliss-reactive ketones (excluding diaryl/α,β-unsaturated/α-hetero) is 1. The van der Waals surface area contributed by atoms with E-state index in [1.165, 1.54) is 31.3 Å². The topological polar surface area (TPSA) is 89.0 Å². The smallest absolute Gasteiger partial charge is 0.300 e. The molecule has 3 aromatic rings. The molecule has 0 bridgehead atoms. The van der Waals surface area contributed by atoms with E-state index >= 15 is 0 Å². The third-order valence-electron chi connectivity index (χ3n) is 5.25. The van der Waals surface area contributed by atoms with Crippen molar-refractivity contribution in [2.45, 2.75) is 6.04 Å². The number of rotatable bonds is 5. The molecule has 1 fully saturated rings. The van der Waals surface area contributed by atoms with E-state index in [0.717, 1.165) is 0 Å². The summed E-state index contributed by atoms with van der Waals surface area (Å²) in [7, 11) is 2.82.